The average molecular weight is 352 g/mol. The van der Waals surface area contributed by atoms with Gasteiger partial charge in [0, 0.05) is 11.0 Å². The van der Waals surface area contributed by atoms with E-state index in [2.05, 4.69) is 26.1 Å². The maximum Gasteiger partial charge on any atom is 0.274 e. The number of hydrogen-bond donors (Lipinski definition) is 3. The molecule has 0 saturated carbocycles. The molecule has 1 aromatic heterocycles. The summed E-state index contributed by atoms with van der Waals surface area (Å²) >= 11 is 3.34. The summed E-state index contributed by atoms with van der Waals surface area (Å²) in [6.07, 6.45) is 1.34. The lowest BCUT2D eigenvalue weighted by Gasteiger charge is -2.20. The van der Waals surface area contributed by atoms with E-state index in [4.69, 9.17) is 11.5 Å². The monoisotopic (exact) mass is 351 g/mol. The lowest BCUT2D eigenvalue weighted by atomic mass is 10.2. The van der Waals surface area contributed by atoms with E-state index in [1.807, 2.05) is 24.3 Å². The van der Waals surface area contributed by atoms with Crippen LogP contribution in [0.1, 0.15) is 16.1 Å². The summed E-state index contributed by atoms with van der Waals surface area (Å²) in [6, 6.07) is 7.41. The van der Waals surface area contributed by atoms with Gasteiger partial charge in [0.1, 0.15) is 12.2 Å². The van der Waals surface area contributed by atoms with Gasteiger partial charge in [-0.15, -0.1) is 0 Å². The fourth-order valence-corrected chi connectivity index (χ4v) is 2.09. The van der Waals surface area contributed by atoms with Crippen LogP contribution in [0.2, 0.25) is 0 Å². The Labute approximate surface area is 129 Å². The van der Waals surface area contributed by atoms with Gasteiger partial charge in [0.25, 0.3) is 5.91 Å². The topological polar surface area (TPSA) is 118 Å². The summed E-state index contributed by atoms with van der Waals surface area (Å²) in [7, 11) is 0. The molecule has 1 heterocycles. The number of benzene rings is 1. The molecule has 0 unspecified atom stereocenters. The molecule has 0 aliphatic rings. The summed E-state index contributed by atoms with van der Waals surface area (Å²) in [5.41, 5.74) is 12.1. The predicted molar refractivity (Wildman–Crippen MR) is 81.1 cm³/mol. The second-order valence-electron chi connectivity index (χ2n) is 4.45. The average Bonchev–Trinajstić information content (AvgIpc) is 2.85. The molecule has 0 bridgehead atoms. The number of carbonyl (C=O) groups is 2. The molecule has 0 fully saturated rings. The highest BCUT2D eigenvalue weighted by molar-refractivity contribution is 9.10. The minimum atomic E-state index is -0.599. The first-order valence-electron chi connectivity index (χ1n) is 6.08. The Morgan fingerprint density at radius 2 is 1.95 bits per heavy atom. The molecule has 2 aromatic rings. The fourth-order valence-electron chi connectivity index (χ4n) is 1.82. The molecule has 7 nitrogen and oxygen atoms in total. The highest BCUT2D eigenvalue weighted by Gasteiger charge is 2.21. The lowest BCUT2D eigenvalue weighted by molar-refractivity contribution is -0.118. The molecule has 8 heteroatoms. The van der Waals surface area contributed by atoms with Crippen molar-refractivity contribution in [2.45, 2.75) is 6.54 Å². The van der Waals surface area contributed by atoms with Gasteiger partial charge in [0.05, 0.1) is 11.9 Å². The van der Waals surface area contributed by atoms with Crippen molar-refractivity contribution in [1.29, 1.82) is 0 Å². The molecular weight excluding hydrogens is 338 g/mol. The molecule has 0 spiro atoms. The number of H-pyrrole nitrogens is 1. The van der Waals surface area contributed by atoms with Gasteiger partial charge in [-0.1, -0.05) is 28.1 Å². The van der Waals surface area contributed by atoms with Gasteiger partial charge in [-0.2, -0.15) is 5.10 Å². The van der Waals surface area contributed by atoms with Crippen LogP contribution in [0.25, 0.3) is 0 Å². The third-order valence-electron chi connectivity index (χ3n) is 2.80. The zero-order valence-electron chi connectivity index (χ0n) is 11.0. The third-order valence-corrected chi connectivity index (χ3v) is 3.33. The smallest absolute Gasteiger partial charge is 0.274 e. The van der Waals surface area contributed by atoms with Crippen LogP contribution in [-0.2, 0) is 11.3 Å². The van der Waals surface area contributed by atoms with Crippen LogP contribution in [-0.4, -0.2) is 33.5 Å². The molecule has 110 valence electrons. The van der Waals surface area contributed by atoms with Crippen LogP contribution in [0.3, 0.4) is 0 Å². The van der Waals surface area contributed by atoms with Crippen LogP contribution in [0.15, 0.2) is 34.9 Å². The lowest BCUT2D eigenvalue weighted by Crippen LogP contribution is -2.38. The normalized spacial score (nSPS) is 10.3. The van der Waals surface area contributed by atoms with Crippen molar-refractivity contribution in [2.24, 2.45) is 5.73 Å². The Hall–Kier alpha value is -2.35. The van der Waals surface area contributed by atoms with Crippen LogP contribution >= 0.6 is 15.9 Å². The summed E-state index contributed by atoms with van der Waals surface area (Å²) < 4.78 is 0.928. The third kappa shape index (κ3) is 3.82. The van der Waals surface area contributed by atoms with Gasteiger partial charge in [0.2, 0.25) is 5.91 Å². The Bertz CT molecular complexity index is 653. The minimum absolute atomic E-state index is 0.147. The first-order valence-corrected chi connectivity index (χ1v) is 6.87. The van der Waals surface area contributed by atoms with Crippen molar-refractivity contribution >= 4 is 33.4 Å². The van der Waals surface area contributed by atoms with Gasteiger partial charge >= 0.3 is 0 Å². The van der Waals surface area contributed by atoms with E-state index in [-0.39, 0.29) is 24.5 Å². The van der Waals surface area contributed by atoms with Crippen molar-refractivity contribution in [3.8, 4) is 0 Å². The zero-order chi connectivity index (χ0) is 15.4. The van der Waals surface area contributed by atoms with E-state index in [0.29, 0.717) is 0 Å². The Morgan fingerprint density at radius 3 is 2.48 bits per heavy atom. The largest absolute Gasteiger partial charge is 0.396 e. The second-order valence-corrected chi connectivity index (χ2v) is 5.37. The minimum Gasteiger partial charge on any atom is -0.396 e. The van der Waals surface area contributed by atoms with Crippen LogP contribution in [0.5, 0.6) is 0 Å². The van der Waals surface area contributed by atoms with Gasteiger partial charge < -0.3 is 16.4 Å². The van der Waals surface area contributed by atoms with Gasteiger partial charge in [-0.25, -0.2) is 0 Å². The van der Waals surface area contributed by atoms with Crippen LogP contribution in [0.4, 0.5) is 5.69 Å². The van der Waals surface area contributed by atoms with E-state index in [0.717, 1.165) is 10.0 Å². The van der Waals surface area contributed by atoms with Crippen LogP contribution < -0.4 is 11.5 Å². The summed E-state index contributed by atoms with van der Waals surface area (Å²) in [6.45, 7) is 0.0425. The second kappa shape index (κ2) is 6.40. The maximum absolute atomic E-state index is 12.4. The van der Waals surface area contributed by atoms with Crippen molar-refractivity contribution < 1.29 is 9.59 Å². The van der Waals surface area contributed by atoms with Crippen molar-refractivity contribution in [1.82, 2.24) is 15.1 Å². The molecule has 5 N–H and O–H groups in total. The Balaban J connectivity index is 2.22. The molecule has 2 rings (SSSR count). The van der Waals surface area contributed by atoms with Crippen molar-refractivity contribution in [2.75, 3.05) is 12.3 Å². The molecule has 0 aliphatic carbocycles. The summed E-state index contributed by atoms with van der Waals surface area (Å²) in [5.74, 6) is -1.02. The van der Waals surface area contributed by atoms with E-state index < -0.39 is 11.8 Å². The molecule has 0 saturated heterocycles. The summed E-state index contributed by atoms with van der Waals surface area (Å²) in [4.78, 5) is 24.9. The van der Waals surface area contributed by atoms with Gasteiger partial charge in [-0.3, -0.25) is 14.7 Å². The molecule has 1 aromatic carbocycles. The Kier molecular flexibility index (Phi) is 4.59. The molecule has 0 aliphatic heterocycles. The number of nitrogens with one attached hydrogen (secondary N) is 1. The van der Waals surface area contributed by atoms with E-state index in [1.165, 1.54) is 11.1 Å². The van der Waals surface area contributed by atoms with E-state index in [1.54, 1.807) is 0 Å². The van der Waals surface area contributed by atoms with Gasteiger partial charge in [-0.05, 0) is 17.7 Å². The number of carbonyl (C=O) groups excluding carboxylic acids is 2. The number of primary amides is 1. The number of amides is 2. The number of nitrogen functional groups attached to an aromatic ring is 1. The number of aromatic amines is 1. The number of aromatic nitrogens is 2. The molecule has 21 heavy (non-hydrogen) atoms. The highest BCUT2D eigenvalue weighted by atomic mass is 79.9. The molecule has 0 atom stereocenters. The first kappa shape index (κ1) is 15.0. The SMILES string of the molecule is NC(=O)CN(Cc1ccc(Br)cc1)C(=O)c1[nH]ncc1N. The number of hydrogen-bond acceptors (Lipinski definition) is 4. The van der Waals surface area contributed by atoms with Crippen molar-refractivity contribution in [3.05, 3.63) is 46.2 Å². The van der Waals surface area contributed by atoms with Gasteiger partial charge in [0.15, 0.2) is 0 Å². The number of nitrogens with two attached hydrogens (primary N) is 2. The maximum atomic E-state index is 12.4. The number of anilines is 1. The molecule has 2 amide bonds. The van der Waals surface area contributed by atoms with E-state index in [9.17, 15) is 9.59 Å². The highest BCUT2D eigenvalue weighted by Crippen LogP contribution is 2.15. The number of rotatable bonds is 5. The van der Waals surface area contributed by atoms with Crippen LogP contribution in [0, 0.1) is 0 Å². The zero-order valence-corrected chi connectivity index (χ0v) is 12.6. The Morgan fingerprint density at radius 1 is 1.29 bits per heavy atom. The van der Waals surface area contributed by atoms with E-state index >= 15 is 0 Å². The fraction of sp³-hybridized carbons (Fsp3) is 0.154. The molecular formula is C13H14BrN5O2. The molecule has 0 radical (unpaired) electrons. The first-order chi connectivity index (χ1) is 9.97. The number of nitrogens with zero attached hydrogens (tertiary/aromatic N) is 2. The van der Waals surface area contributed by atoms with Crippen molar-refractivity contribution in [3.63, 3.8) is 0 Å². The predicted octanol–water partition coefficient (Wildman–Crippen LogP) is 0.882. The standard InChI is InChI=1S/C13H14BrN5O2/c14-9-3-1-8(2-4-9)6-19(7-11(16)20)13(21)12-10(15)5-17-18-12/h1-5H,6-7,15H2,(H2,16,20)(H,17,18). The summed E-state index contributed by atoms with van der Waals surface area (Å²) in [5, 5.41) is 6.23. The number of halogens is 1. The quantitative estimate of drug-likeness (QED) is 0.740.